The Balaban J connectivity index is 1.34. The van der Waals surface area contributed by atoms with Crippen LogP contribution >= 0.6 is 23.2 Å². The van der Waals surface area contributed by atoms with Gasteiger partial charge in [-0.3, -0.25) is 13.9 Å². The fraction of sp³-hybridized carbons (Fsp3) is 0.100. The van der Waals surface area contributed by atoms with E-state index in [-0.39, 0.29) is 33.1 Å². The van der Waals surface area contributed by atoms with Crippen LogP contribution in [-0.4, -0.2) is 46.7 Å². The van der Waals surface area contributed by atoms with Crippen molar-refractivity contribution in [3.05, 3.63) is 113 Å². The molecule has 0 spiro atoms. The number of amides is 2. The molecule has 10 nitrogen and oxygen atoms in total. The number of hydrazone groups is 1. The first-order valence-electron chi connectivity index (χ1n) is 12.7. The van der Waals surface area contributed by atoms with Crippen LogP contribution in [0.2, 0.25) is 10.0 Å². The van der Waals surface area contributed by atoms with E-state index in [1.54, 1.807) is 73.8 Å². The third kappa shape index (κ3) is 8.71. The zero-order valence-electron chi connectivity index (χ0n) is 22.7. The lowest BCUT2D eigenvalue weighted by molar-refractivity contribution is -0.119. The molecule has 0 aliphatic heterocycles. The van der Waals surface area contributed by atoms with Gasteiger partial charge in [0.15, 0.2) is 6.61 Å². The highest BCUT2D eigenvalue weighted by molar-refractivity contribution is 7.92. The van der Waals surface area contributed by atoms with Crippen molar-refractivity contribution in [2.45, 2.75) is 4.90 Å². The van der Waals surface area contributed by atoms with Crippen LogP contribution in [0.3, 0.4) is 0 Å². The minimum atomic E-state index is -4.12. The van der Waals surface area contributed by atoms with Gasteiger partial charge in [0.1, 0.15) is 18.0 Å². The van der Waals surface area contributed by atoms with Gasteiger partial charge in [0.2, 0.25) is 0 Å². The van der Waals surface area contributed by atoms with Crippen molar-refractivity contribution in [1.29, 1.82) is 0 Å². The molecule has 0 saturated heterocycles. The van der Waals surface area contributed by atoms with E-state index in [2.05, 4.69) is 15.8 Å². The first-order valence-corrected chi connectivity index (χ1v) is 14.9. The van der Waals surface area contributed by atoms with Crippen LogP contribution in [0.5, 0.6) is 11.5 Å². The van der Waals surface area contributed by atoms with E-state index >= 15 is 0 Å². The molecule has 4 aromatic rings. The molecule has 0 fully saturated rings. The fourth-order valence-electron chi connectivity index (χ4n) is 3.69. The number of halogens is 2. The van der Waals surface area contributed by atoms with Crippen molar-refractivity contribution in [2.75, 3.05) is 29.9 Å². The predicted molar refractivity (Wildman–Crippen MR) is 167 cm³/mol. The molecular weight excluding hydrogens is 615 g/mol. The van der Waals surface area contributed by atoms with Crippen molar-refractivity contribution >= 4 is 62.6 Å². The molecule has 0 aliphatic rings. The summed E-state index contributed by atoms with van der Waals surface area (Å²) in [7, 11) is -2.56. The molecule has 13 heteroatoms. The minimum absolute atomic E-state index is 0.00195. The van der Waals surface area contributed by atoms with Crippen molar-refractivity contribution in [3.63, 3.8) is 0 Å². The summed E-state index contributed by atoms with van der Waals surface area (Å²) >= 11 is 12.1. The lowest BCUT2D eigenvalue weighted by Gasteiger charge is -2.24. The van der Waals surface area contributed by atoms with Gasteiger partial charge in [-0.25, -0.2) is 13.8 Å². The maximum Gasteiger partial charge on any atom is 0.264 e. The van der Waals surface area contributed by atoms with Gasteiger partial charge >= 0.3 is 0 Å². The number of carbonyl (C=O) groups excluding carboxylic acids is 2. The summed E-state index contributed by atoms with van der Waals surface area (Å²) in [5.41, 5.74) is 3.73. The first-order chi connectivity index (χ1) is 20.7. The molecule has 0 aliphatic carbocycles. The van der Waals surface area contributed by atoms with Crippen LogP contribution in [0.25, 0.3) is 0 Å². The predicted octanol–water partition coefficient (Wildman–Crippen LogP) is 5.37. The highest BCUT2D eigenvalue weighted by atomic mass is 35.5. The summed E-state index contributed by atoms with van der Waals surface area (Å²) < 4.78 is 38.3. The molecule has 2 amide bonds. The summed E-state index contributed by atoms with van der Waals surface area (Å²) in [6.07, 6.45) is 1.38. The molecule has 0 aromatic heterocycles. The molecule has 0 unspecified atom stereocenters. The Morgan fingerprint density at radius 3 is 2.19 bits per heavy atom. The number of hydrogen-bond donors (Lipinski definition) is 2. The van der Waals surface area contributed by atoms with E-state index < -0.39 is 22.5 Å². The maximum atomic E-state index is 13.4. The highest BCUT2D eigenvalue weighted by Crippen LogP contribution is 2.30. The van der Waals surface area contributed by atoms with Gasteiger partial charge in [-0.15, -0.1) is 0 Å². The number of benzene rings is 4. The second-order valence-corrected chi connectivity index (χ2v) is 11.5. The van der Waals surface area contributed by atoms with E-state index in [4.69, 9.17) is 32.7 Å². The van der Waals surface area contributed by atoms with Crippen LogP contribution in [0.4, 0.5) is 11.4 Å². The van der Waals surface area contributed by atoms with E-state index in [0.29, 0.717) is 22.7 Å². The molecule has 2 N–H and O–H groups in total. The smallest absolute Gasteiger partial charge is 0.264 e. The van der Waals surface area contributed by atoms with E-state index in [1.165, 1.54) is 36.5 Å². The molecule has 0 radical (unpaired) electrons. The second-order valence-electron chi connectivity index (χ2n) is 8.85. The molecule has 0 bridgehead atoms. The van der Waals surface area contributed by atoms with Crippen molar-refractivity contribution in [3.8, 4) is 11.5 Å². The molecule has 0 heterocycles. The summed E-state index contributed by atoms with van der Waals surface area (Å²) in [5.74, 6) is 0.112. The second kappa shape index (κ2) is 14.5. The quantitative estimate of drug-likeness (QED) is 0.158. The van der Waals surface area contributed by atoms with Gasteiger partial charge < -0.3 is 14.8 Å². The van der Waals surface area contributed by atoms with Gasteiger partial charge in [0.25, 0.3) is 21.8 Å². The number of anilines is 2. The lowest BCUT2D eigenvalue weighted by atomic mass is 10.2. The number of ether oxygens (including phenoxy) is 2. The summed E-state index contributed by atoms with van der Waals surface area (Å²) in [6.45, 7) is -0.769. The number of carbonyl (C=O) groups is 2. The topological polar surface area (TPSA) is 126 Å². The molecule has 4 rings (SSSR count). The number of nitrogens with one attached hydrogen (secondary N) is 2. The van der Waals surface area contributed by atoms with E-state index in [9.17, 15) is 18.0 Å². The van der Waals surface area contributed by atoms with Crippen LogP contribution in [-0.2, 0) is 19.6 Å². The number of nitrogens with zero attached hydrogens (tertiary/aromatic N) is 2. The van der Waals surface area contributed by atoms with Crippen LogP contribution in [0, 0.1) is 0 Å². The average molecular weight is 642 g/mol. The maximum absolute atomic E-state index is 13.4. The third-order valence-electron chi connectivity index (χ3n) is 5.84. The van der Waals surface area contributed by atoms with E-state index in [0.717, 1.165) is 4.31 Å². The Bertz CT molecular complexity index is 1700. The van der Waals surface area contributed by atoms with Crippen molar-refractivity contribution in [1.82, 2.24) is 5.43 Å². The third-order valence-corrected chi connectivity index (χ3v) is 8.36. The zero-order chi connectivity index (χ0) is 30.8. The number of rotatable bonds is 12. The number of sulfonamides is 1. The van der Waals surface area contributed by atoms with Gasteiger partial charge in [0, 0.05) is 5.69 Å². The van der Waals surface area contributed by atoms with Gasteiger partial charge in [-0.05, 0) is 84.4 Å². The van der Waals surface area contributed by atoms with Gasteiger partial charge in [0.05, 0.1) is 34.0 Å². The Morgan fingerprint density at radius 2 is 1.53 bits per heavy atom. The SMILES string of the molecule is COc1ccc(NC(=O)COc2ccc(/C=N/NC(=O)CN(c3ccc(Cl)c(Cl)c3)S(=O)(=O)c3ccccc3)cc2)cc1. The normalized spacial score (nSPS) is 11.1. The van der Waals surface area contributed by atoms with Crippen LogP contribution in [0.1, 0.15) is 5.56 Å². The number of hydrogen-bond acceptors (Lipinski definition) is 7. The minimum Gasteiger partial charge on any atom is -0.497 e. The zero-order valence-corrected chi connectivity index (χ0v) is 25.1. The standard InChI is InChI=1S/C30H26Cl2N4O6S/c1-41-24-14-9-22(10-15-24)34-30(38)20-42-25-12-7-21(8-13-25)18-33-35-29(37)19-36(23-11-16-27(31)28(32)17-23)43(39,40)26-5-3-2-4-6-26/h2-18H,19-20H2,1H3,(H,34,38)(H,35,37)/b33-18+. The Labute approximate surface area is 258 Å². The molecule has 43 heavy (non-hydrogen) atoms. The Hall–Kier alpha value is -4.58. The summed E-state index contributed by atoms with van der Waals surface area (Å²) in [5, 5.41) is 7.03. The van der Waals surface area contributed by atoms with Gasteiger partial charge in [-0.1, -0.05) is 41.4 Å². The molecule has 4 aromatic carbocycles. The number of methoxy groups -OCH3 is 1. The monoisotopic (exact) mass is 640 g/mol. The van der Waals surface area contributed by atoms with E-state index in [1.807, 2.05) is 0 Å². The molecule has 0 atom stereocenters. The van der Waals surface area contributed by atoms with Crippen molar-refractivity contribution in [2.24, 2.45) is 5.10 Å². The first kappa shape index (κ1) is 31.4. The lowest BCUT2D eigenvalue weighted by Crippen LogP contribution is -2.39. The van der Waals surface area contributed by atoms with Crippen LogP contribution < -0.4 is 24.5 Å². The largest absolute Gasteiger partial charge is 0.497 e. The fourth-order valence-corrected chi connectivity index (χ4v) is 5.42. The Kier molecular flexibility index (Phi) is 10.6. The summed E-state index contributed by atoms with van der Waals surface area (Å²) in [6, 6.07) is 25.5. The average Bonchev–Trinajstić information content (AvgIpc) is 3.01. The molecule has 222 valence electrons. The molecular formula is C30H26Cl2N4O6S. The van der Waals surface area contributed by atoms with Crippen molar-refractivity contribution < 1.29 is 27.5 Å². The van der Waals surface area contributed by atoms with Gasteiger partial charge in [-0.2, -0.15) is 5.10 Å². The Morgan fingerprint density at radius 1 is 0.860 bits per heavy atom. The highest BCUT2D eigenvalue weighted by Gasteiger charge is 2.27. The molecule has 0 saturated carbocycles. The van der Waals surface area contributed by atoms with Crippen LogP contribution in [0.15, 0.2) is 107 Å². The summed E-state index contributed by atoms with van der Waals surface area (Å²) in [4.78, 5) is 24.9.